The standard InChI is InChI=1S/C15H19NO/c1-11-8-15(16(3)10-11)14-7-5-4-6-13(14)9-12(2)17/h4-8,10,12,17H,9H2,1-3H3/t12-/m1/s1. The van der Waals surface area contributed by atoms with E-state index in [2.05, 4.69) is 42.9 Å². The molecule has 0 saturated carbocycles. The van der Waals surface area contributed by atoms with Crippen molar-refractivity contribution in [3.8, 4) is 11.3 Å². The molecular weight excluding hydrogens is 210 g/mol. The van der Waals surface area contributed by atoms with E-state index in [9.17, 15) is 5.11 Å². The molecule has 0 bridgehead atoms. The van der Waals surface area contributed by atoms with Crippen LogP contribution >= 0.6 is 0 Å². The van der Waals surface area contributed by atoms with E-state index >= 15 is 0 Å². The first kappa shape index (κ1) is 11.9. The van der Waals surface area contributed by atoms with Crippen LogP contribution in [0.15, 0.2) is 36.5 Å². The monoisotopic (exact) mass is 229 g/mol. The predicted molar refractivity (Wildman–Crippen MR) is 71.0 cm³/mol. The van der Waals surface area contributed by atoms with E-state index in [0.29, 0.717) is 6.42 Å². The van der Waals surface area contributed by atoms with E-state index in [-0.39, 0.29) is 6.10 Å². The van der Waals surface area contributed by atoms with E-state index in [1.165, 1.54) is 22.4 Å². The molecule has 2 nitrogen and oxygen atoms in total. The number of hydrogen-bond acceptors (Lipinski definition) is 1. The summed E-state index contributed by atoms with van der Waals surface area (Å²) < 4.78 is 2.14. The second kappa shape index (κ2) is 4.76. The van der Waals surface area contributed by atoms with Gasteiger partial charge in [0.25, 0.3) is 0 Å². The van der Waals surface area contributed by atoms with Crippen molar-refractivity contribution in [3.63, 3.8) is 0 Å². The lowest BCUT2D eigenvalue weighted by Crippen LogP contribution is -2.06. The summed E-state index contributed by atoms with van der Waals surface area (Å²) in [4.78, 5) is 0. The number of aliphatic hydroxyl groups is 1. The Labute approximate surface area is 103 Å². The normalized spacial score (nSPS) is 12.7. The van der Waals surface area contributed by atoms with Gasteiger partial charge in [0.15, 0.2) is 0 Å². The molecule has 0 fully saturated rings. The summed E-state index contributed by atoms with van der Waals surface area (Å²) in [5.74, 6) is 0. The van der Waals surface area contributed by atoms with Crippen molar-refractivity contribution in [1.29, 1.82) is 0 Å². The third kappa shape index (κ3) is 2.59. The molecule has 0 aliphatic heterocycles. The molecule has 1 aromatic heterocycles. The molecule has 0 aliphatic rings. The zero-order chi connectivity index (χ0) is 12.4. The van der Waals surface area contributed by atoms with Crippen molar-refractivity contribution < 1.29 is 5.11 Å². The fourth-order valence-corrected chi connectivity index (χ4v) is 2.26. The summed E-state index contributed by atoms with van der Waals surface area (Å²) in [7, 11) is 2.06. The molecule has 2 rings (SSSR count). The lowest BCUT2D eigenvalue weighted by Gasteiger charge is -2.11. The van der Waals surface area contributed by atoms with E-state index < -0.39 is 0 Å². The quantitative estimate of drug-likeness (QED) is 0.860. The van der Waals surface area contributed by atoms with Gasteiger partial charge in [-0.3, -0.25) is 0 Å². The Morgan fingerprint density at radius 3 is 2.59 bits per heavy atom. The first-order valence-electron chi connectivity index (χ1n) is 5.97. The number of aliphatic hydroxyl groups excluding tert-OH is 1. The first-order valence-corrected chi connectivity index (χ1v) is 5.97. The summed E-state index contributed by atoms with van der Waals surface area (Å²) in [5.41, 5.74) is 4.88. The zero-order valence-corrected chi connectivity index (χ0v) is 10.6. The fraction of sp³-hybridized carbons (Fsp3) is 0.333. The van der Waals surface area contributed by atoms with Gasteiger partial charge in [0.2, 0.25) is 0 Å². The summed E-state index contributed by atoms with van der Waals surface area (Å²) in [6.07, 6.45) is 2.51. The summed E-state index contributed by atoms with van der Waals surface area (Å²) in [6.45, 7) is 3.92. The van der Waals surface area contributed by atoms with Crippen LogP contribution in [0, 0.1) is 6.92 Å². The third-order valence-corrected chi connectivity index (χ3v) is 2.95. The van der Waals surface area contributed by atoms with E-state index in [1.807, 2.05) is 19.1 Å². The number of nitrogens with zero attached hydrogens (tertiary/aromatic N) is 1. The number of hydrogen-bond donors (Lipinski definition) is 1. The van der Waals surface area contributed by atoms with Crippen LogP contribution in [0.1, 0.15) is 18.1 Å². The molecule has 1 atom stereocenters. The Kier molecular flexibility index (Phi) is 3.34. The molecule has 1 heterocycles. The van der Waals surface area contributed by atoms with Crippen LogP contribution in [0.4, 0.5) is 0 Å². The van der Waals surface area contributed by atoms with Crippen molar-refractivity contribution in [2.24, 2.45) is 7.05 Å². The number of benzene rings is 1. The molecule has 0 aliphatic carbocycles. The van der Waals surface area contributed by atoms with Gasteiger partial charge in [-0.1, -0.05) is 24.3 Å². The van der Waals surface area contributed by atoms with Gasteiger partial charge in [0.1, 0.15) is 0 Å². The molecule has 17 heavy (non-hydrogen) atoms. The lowest BCUT2D eigenvalue weighted by atomic mass is 9.99. The van der Waals surface area contributed by atoms with Gasteiger partial charge in [0.05, 0.1) is 6.10 Å². The summed E-state index contributed by atoms with van der Waals surface area (Å²) >= 11 is 0. The van der Waals surface area contributed by atoms with E-state index in [1.54, 1.807) is 0 Å². The molecule has 2 aromatic rings. The maximum Gasteiger partial charge on any atom is 0.0552 e. The Bertz CT molecular complexity index is 511. The van der Waals surface area contributed by atoms with Crippen molar-refractivity contribution in [2.75, 3.05) is 0 Å². The topological polar surface area (TPSA) is 25.2 Å². The van der Waals surface area contributed by atoms with Crippen LogP contribution in [-0.2, 0) is 13.5 Å². The molecule has 90 valence electrons. The maximum atomic E-state index is 9.54. The lowest BCUT2D eigenvalue weighted by molar-refractivity contribution is 0.195. The number of rotatable bonds is 3. The second-order valence-electron chi connectivity index (χ2n) is 4.72. The maximum absolute atomic E-state index is 9.54. The molecule has 0 amide bonds. The van der Waals surface area contributed by atoms with Gasteiger partial charge in [-0.15, -0.1) is 0 Å². The minimum absolute atomic E-state index is 0.308. The Morgan fingerprint density at radius 1 is 1.29 bits per heavy atom. The smallest absolute Gasteiger partial charge is 0.0552 e. The molecule has 0 unspecified atom stereocenters. The van der Waals surface area contributed by atoms with Crippen molar-refractivity contribution in [1.82, 2.24) is 4.57 Å². The SMILES string of the molecule is Cc1cc(-c2ccccc2C[C@@H](C)O)n(C)c1. The molecule has 0 saturated heterocycles. The first-order chi connectivity index (χ1) is 8.08. The average Bonchev–Trinajstić information content (AvgIpc) is 2.58. The van der Waals surface area contributed by atoms with Crippen LogP contribution in [0.3, 0.4) is 0 Å². The molecular formula is C15H19NO. The number of aryl methyl sites for hydroxylation is 2. The van der Waals surface area contributed by atoms with Crippen molar-refractivity contribution in [3.05, 3.63) is 47.7 Å². The molecule has 1 N–H and O–H groups in total. The van der Waals surface area contributed by atoms with Crippen LogP contribution in [-0.4, -0.2) is 15.8 Å². The largest absolute Gasteiger partial charge is 0.393 e. The average molecular weight is 229 g/mol. The van der Waals surface area contributed by atoms with Gasteiger partial charge in [-0.25, -0.2) is 0 Å². The van der Waals surface area contributed by atoms with Crippen LogP contribution in [0.2, 0.25) is 0 Å². The van der Waals surface area contributed by atoms with Gasteiger partial charge < -0.3 is 9.67 Å². The third-order valence-electron chi connectivity index (χ3n) is 2.95. The highest BCUT2D eigenvalue weighted by Gasteiger charge is 2.10. The highest BCUT2D eigenvalue weighted by Crippen LogP contribution is 2.26. The van der Waals surface area contributed by atoms with Crippen LogP contribution < -0.4 is 0 Å². The summed E-state index contributed by atoms with van der Waals surface area (Å²) in [5, 5.41) is 9.54. The molecule has 0 radical (unpaired) electrons. The summed E-state index contributed by atoms with van der Waals surface area (Å²) in [6, 6.07) is 10.5. The van der Waals surface area contributed by atoms with Gasteiger partial charge in [-0.2, -0.15) is 0 Å². The highest BCUT2D eigenvalue weighted by atomic mass is 16.3. The highest BCUT2D eigenvalue weighted by molar-refractivity contribution is 5.65. The van der Waals surface area contributed by atoms with Crippen molar-refractivity contribution in [2.45, 2.75) is 26.4 Å². The van der Waals surface area contributed by atoms with Crippen LogP contribution in [0.25, 0.3) is 11.3 Å². The number of aromatic nitrogens is 1. The van der Waals surface area contributed by atoms with Gasteiger partial charge in [-0.05, 0) is 37.5 Å². The van der Waals surface area contributed by atoms with Crippen molar-refractivity contribution >= 4 is 0 Å². The Hall–Kier alpha value is -1.54. The van der Waals surface area contributed by atoms with Gasteiger partial charge >= 0.3 is 0 Å². The van der Waals surface area contributed by atoms with Gasteiger partial charge in [0, 0.05) is 24.5 Å². The van der Waals surface area contributed by atoms with Crippen LogP contribution in [0.5, 0.6) is 0 Å². The predicted octanol–water partition coefficient (Wildman–Crippen LogP) is 2.92. The van der Waals surface area contributed by atoms with E-state index in [0.717, 1.165) is 0 Å². The Balaban J connectivity index is 2.48. The minimum Gasteiger partial charge on any atom is -0.393 e. The molecule has 2 heteroatoms. The second-order valence-corrected chi connectivity index (χ2v) is 4.72. The fourth-order valence-electron chi connectivity index (χ4n) is 2.26. The minimum atomic E-state index is -0.308. The molecule has 0 spiro atoms. The molecule has 1 aromatic carbocycles. The van der Waals surface area contributed by atoms with E-state index in [4.69, 9.17) is 0 Å². The zero-order valence-electron chi connectivity index (χ0n) is 10.6. The Morgan fingerprint density at radius 2 is 2.00 bits per heavy atom.